The van der Waals surface area contributed by atoms with Gasteiger partial charge in [-0.2, -0.15) is 0 Å². The van der Waals surface area contributed by atoms with Crippen LogP contribution in [0.1, 0.15) is 50.4 Å². The highest BCUT2D eigenvalue weighted by molar-refractivity contribution is 14.1. The van der Waals surface area contributed by atoms with Gasteiger partial charge in [0.1, 0.15) is 18.2 Å². The van der Waals surface area contributed by atoms with E-state index in [-0.39, 0.29) is 36.3 Å². The molecule has 1 atom stereocenters. The second-order valence-corrected chi connectivity index (χ2v) is 14.0. The molecule has 0 N–H and O–H groups in total. The number of fused-ring (bicyclic) bond motifs is 1. The van der Waals surface area contributed by atoms with Crippen molar-refractivity contribution in [3.63, 3.8) is 0 Å². The summed E-state index contributed by atoms with van der Waals surface area (Å²) in [5.74, 6) is 0.631. The first kappa shape index (κ1) is 34.1. The number of benzene rings is 3. The molecule has 0 aliphatic carbocycles. The number of allylic oxidation sites excluding steroid dienone is 1. The Bertz CT molecular complexity index is 2020. The lowest BCUT2D eigenvalue weighted by molar-refractivity contribution is -0.139. The van der Waals surface area contributed by atoms with Gasteiger partial charge in [-0.15, -0.1) is 0 Å². The summed E-state index contributed by atoms with van der Waals surface area (Å²) in [4.78, 5) is 32.7. The fraction of sp³-hybridized carbons (Fsp3) is 0.265. The fourth-order valence-corrected chi connectivity index (χ4v) is 8.14. The van der Waals surface area contributed by atoms with Crippen molar-refractivity contribution in [3.8, 4) is 17.2 Å². The average molecular weight is 869 g/mol. The maximum Gasteiger partial charge on any atom is 0.338 e. The maximum absolute atomic E-state index is 14.4. The summed E-state index contributed by atoms with van der Waals surface area (Å²) in [6.07, 6.45) is 1.67. The molecular formula is C34H31FI2N2O6S. The van der Waals surface area contributed by atoms with E-state index in [0.717, 1.165) is 7.14 Å². The Labute approximate surface area is 296 Å². The number of halogens is 3. The Kier molecular flexibility index (Phi) is 10.9. The summed E-state index contributed by atoms with van der Waals surface area (Å²) in [6.45, 7) is 7.49. The van der Waals surface area contributed by atoms with Gasteiger partial charge in [-0.3, -0.25) is 9.36 Å². The normalized spacial score (nSPS) is 14.6. The molecule has 1 aliphatic heterocycles. The van der Waals surface area contributed by atoms with E-state index in [1.54, 1.807) is 57.4 Å². The van der Waals surface area contributed by atoms with Crippen molar-refractivity contribution in [2.45, 2.75) is 46.4 Å². The summed E-state index contributed by atoms with van der Waals surface area (Å²) in [5, 5.41) is 0. The van der Waals surface area contributed by atoms with E-state index in [4.69, 9.17) is 18.9 Å². The quantitative estimate of drug-likeness (QED) is 0.133. The monoisotopic (exact) mass is 868 g/mol. The highest BCUT2D eigenvalue weighted by Crippen LogP contribution is 2.37. The number of carbonyl (C=O) groups is 1. The second kappa shape index (κ2) is 14.7. The molecule has 2 heterocycles. The van der Waals surface area contributed by atoms with Gasteiger partial charge in [0, 0.05) is 14.7 Å². The Hall–Kier alpha value is -3.24. The zero-order chi connectivity index (χ0) is 33.1. The van der Waals surface area contributed by atoms with Crippen LogP contribution in [0.5, 0.6) is 17.2 Å². The van der Waals surface area contributed by atoms with E-state index in [2.05, 4.69) is 50.2 Å². The predicted octanol–water partition coefficient (Wildman–Crippen LogP) is 6.52. The number of nitrogens with zero attached hydrogens (tertiary/aromatic N) is 2. The number of thiazole rings is 1. The molecule has 1 aliphatic rings. The molecule has 0 amide bonds. The highest BCUT2D eigenvalue weighted by atomic mass is 127. The van der Waals surface area contributed by atoms with Gasteiger partial charge in [-0.05, 0) is 115 Å². The number of hydrogen-bond donors (Lipinski definition) is 0. The molecule has 0 bridgehead atoms. The van der Waals surface area contributed by atoms with Crippen LogP contribution in [0, 0.1) is 13.0 Å². The highest BCUT2D eigenvalue weighted by Gasteiger charge is 2.34. The second-order valence-electron chi connectivity index (χ2n) is 10.6. The van der Waals surface area contributed by atoms with Crippen LogP contribution >= 0.6 is 56.5 Å². The van der Waals surface area contributed by atoms with Crippen molar-refractivity contribution in [2.75, 3.05) is 13.7 Å². The largest absolute Gasteiger partial charge is 0.493 e. The van der Waals surface area contributed by atoms with Crippen molar-refractivity contribution < 1.29 is 28.1 Å². The van der Waals surface area contributed by atoms with E-state index in [1.807, 2.05) is 32.0 Å². The molecule has 1 aromatic heterocycles. The van der Waals surface area contributed by atoms with Crippen LogP contribution in [0.15, 0.2) is 75.7 Å². The van der Waals surface area contributed by atoms with Gasteiger partial charge in [0.15, 0.2) is 16.3 Å². The molecule has 3 aromatic carbocycles. The maximum atomic E-state index is 14.4. The molecule has 0 saturated heterocycles. The van der Waals surface area contributed by atoms with Gasteiger partial charge in [0.25, 0.3) is 5.56 Å². The minimum atomic E-state index is -0.827. The first-order valence-corrected chi connectivity index (χ1v) is 17.4. The lowest BCUT2D eigenvalue weighted by atomic mass is 9.95. The lowest BCUT2D eigenvalue weighted by Gasteiger charge is -2.25. The Balaban J connectivity index is 1.67. The van der Waals surface area contributed by atoms with Crippen LogP contribution in [-0.2, 0) is 16.1 Å². The smallest absolute Gasteiger partial charge is 0.338 e. The summed E-state index contributed by atoms with van der Waals surface area (Å²) in [5.41, 5.74) is 2.10. The number of ether oxygens (including phenoxy) is 4. The Morgan fingerprint density at radius 2 is 1.89 bits per heavy atom. The van der Waals surface area contributed by atoms with Gasteiger partial charge < -0.3 is 18.9 Å². The minimum absolute atomic E-state index is 0.0196. The predicted molar refractivity (Wildman–Crippen MR) is 192 cm³/mol. The summed E-state index contributed by atoms with van der Waals surface area (Å²) >= 11 is 5.60. The van der Waals surface area contributed by atoms with E-state index in [9.17, 15) is 14.0 Å². The summed E-state index contributed by atoms with van der Waals surface area (Å²) in [6, 6.07) is 14.8. The topological polar surface area (TPSA) is 88.4 Å². The summed E-state index contributed by atoms with van der Waals surface area (Å²) in [7, 11) is 1.54. The van der Waals surface area contributed by atoms with Crippen LogP contribution < -0.4 is 29.1 Å². The molecule has 4 aromatic rings. The van der Waals surface area contributed by atoms with Gasteiger partial charge >= 0.3 is 5.97 Å². The van der Waals surface area contributed by atoms with E-state index in [0.29, 0.717) is 49.0 Å². The lowest BCUT2D eigenvalue weighted by Crippen LogP contribution is -2.40. The minimum Gasteiger partial charge on any atom is -0.493 e. The SMILES string of the molecule is CCOC(=O)C1=C(C)N=c2s/c(=C/c3cc(I)cc(I)c3OCc3ccccc3F)c(=O)n2[C@H]1c1ccc(OC(C)C)c(OC)c1. The van der Waals surface area contributed by atoms with Crippen molar-refractivity contribution in [2.24, 2.45) is 4.99 Å². The number of aromatic nitrogens is 1. The van der Waals surface area contributed by atoms with E-state index in [1.165, 1.54) is 22.0 Å². The number of hydrogen-bond acceptors (Lipinski definition) is 8. The molecule has 12 heteroatoms. The number of carbonyl (C=O) groups excluding carboxylic acids is 1. The molecule has 0 fully saturated rings. The number of esters is 1. The number of methoxy groups -OCH3 is 1. The number of rotatable bonds is 10. The molecule has 0 saturated carbocycles. The zero-order valence-electron chi connectivity index (χ0n) is 25.7. The van der Waals surface area contributed by atoms with Crippen molar-refractivity contribution >= 4 is 68.6 Å². The Morgan fingerprint density at radius 1 is 1.13 bits per heavy atom. The third-order valence-corrected chi connectivity index (χ3v) is 9.44. The van der Waals surface area contributed by atoms with Crippen LogP contribution in [0.3, 0.4) is 0 Å². The van der Waals surface area contributed by atoms with Gasteiger partial charge in [0.05, 0.1) is 45.2 Å². The molecule has 0 radical (unpaired) electrons. The van der Waals surface area contributed by atoms with Crippen LogP contribution in [0.4, 0.5) is 4.39 Å². The molecule has 0 unspecified atom stereocenters. The molecule has 46 heavy (non-hydrogen) atoms. The third kappa shape index (κ3) is 7.18. The van der Waals surface area contributed by atoms with E-state index >= 15 is 0 Å². The van der Waals surface area contributed by atoms with Gasteiger partial charge in [0.2, 0.25) is 0 Å². The van der Waals surface area contributed by atoms with Gasteiger partial charge in [-0.1, -0.05) is 35.6 Å². The van der Waals surface area contributed by atoms with Crippen LogP contribution in [0.2, 0.25) is 0 Å². The standard InChI is InChI=1S/C34H31FI2N2O6S/c1-6-43-33(41)29-19(4)38-34-39(30(29)20-11-12-26(45-18(2)3)27(14-20)42-5)32(40)28(46-34)15-22-13-23(36)16-25(37)31(22)44-17-21-9-7-8-10-24(21)35/h7-16,18,30H,6,17H2,1-5H3/b28-15+/t30-/m0/s1. The van der Waals surface area contributed by atoms with Crippen LogP contribution in [0.25, 0.3) is 6.08 Å². The third-order valence-electron chi connectivity index (χ3n) is 7.04. The zero-order valence-corrected chi connectivity index (χ0v) is 30.9. The van der Waals surface area contributed by atoms with Crippen molar-refractivity contribution in [1.29, 1.82) is 0 Å². The summed E-state index contributed by atoms with van der Waals surface area (Å²) < 4.78 is 41.1. The fourth-order valence-electron chi connectivity index (χ4n) is 5.06. The molecule has 240 valence electrons. The van der Waals surface area contributed by atoms with Gasteiger partial charge in [-0.25, -0.2) is 14.2 Å². The van der Waals surface area contributed by atoms with E-state index < -0.39 is 12.0 Å². The first-order chi connectivity index (χ1) is 22.0. The van der Waals surface area contributed by atoms with Crippen molar-refractivity contribution in [3.05, 3.63) is 115 Å². The molecule has 0 spiro atoms. The molecule has 8 nitrogen and oxygen atoms in total. The van der Waals surface area contributed by atoms with Crippen LogP contribution in [-0.4, -0.2) is 30.4 Å². The Morgan fingerprint density at radius 3 is 2.59 bits per heavy atom. The molecule has 5 rings (SSSR count). The van der Waals surface area contributed by atoms with Crippen molar-refractivity contribution in [1.82, 2.24) is 4.57 Å². The first-order valence-electron chi connectivity index (χ1n) is 14.4. The average Bonchev–Trinajstić information content (AvgIpc) is 3.30. The molecular weight excluding hydrogens is 837 g/mol.